The number of hydrogen-bond acceptors (Lipinski definition) is 3. The minimum Gasteiger partial charge on any atom is -0.478 e. The van der Waals surface area contributed by atoms with Gasteiger partial charge in [-0.3, -0.25) is 4.98 Å². The molecular weight excluding hydrogens is 354 g/mol. The Hall–Kier alpha value is -2.37. The predicted octanol–water partition coefficient (Wildman–Crippen LogP) is 5.20. The molecule has 124 valence electrons. The molecule has 3 rings (SSSR count). The van der Waals surface area contributed by atoms with Crippen molar-refractivity contribution in [1.82, 2.24) is 4.98 Å². The second-order valence-corrected chi connectivity index (χ2v) is 5.43. The van der Waals surface area contributed by atoms with E-state index >= 15 is 0 Å². The first-order chi connectivity index (χ1) is 11.0. The third-order valence-corrected chi connectivity index (χ3v) is 4.00. The highest BCUT2D eigenvalue weighted by Gasteiger charge is 2.17. The number of benzene rings is 2. The number of para-hydroxylation sites is 1. The van der Waals surface area contributed by atoms with Crippen LogP contribution in [-0.4, -0.2) is 16.1 Å². The molecule has 0 saturated heterocycles. The highest BCUT2D eigenvalue weighted by atomic mass is 35.5. The van der Waals surface area contributed by atoms with Crippen LogP contribution in [-0.2, 0) is 0 Å². The average molecular weight is 367 g/mol. The minimum atomic E-state index is -1.15. The van der Waals surface area contributed by atoms with Crippen LogP contribution in [0.1, 0.15) is 15.9 Å². The molecule has 0 aliphatic heterocycles. The van der Waals surface area contributed by atoms with Gasteiger partial charge in [0.1, 0.15) is 11.4 Å². The fourth-order valence-electron chi connectivity index (χ4n) is 2.38. The lowest BCUT2D eigenvalue weighted by Gasteiger charge is -2.14. The Morgan fingerprint density at radius 3 is 2.62 bits per heavy atom. The molecule has 24 heavy (non-hydrogen) atoms. The van der Waals surface area contributed by atoms with Gasteiger partial charge in [-0.1, -0.05) is 23.7 Å². The zero-order valence-corrected chi connectivity index (χ0v) is 14.1. The number of aromatic carboxylic acids is 1. The Morgan fingerprint density at radius 2 is 1.96 bits per heavy atom. The van der Waals surface area contributed by atoms with Crippen molar-refractivity contribution in [2.45, 2.75) is 6.92 Å². The molecule has 0 bridgehead atoms. The molecule has 2 aromatic carbocycles. The molecule has 4 nitrogen and oxygen atoms in total. The van der Waals surface area contributed by atoms with E-state index in [0.29, 0.717) is 15.9 Å². The predicted molar refractivity (Wildman–Crippen MR) is 95.4 cm³/mol. The van der Waals surface area contributed by atoms with Crippen molar-refractivity contribution in [2.24, 2.45) is 0 Å². The van der Waals surface area contributed by atoms with E-state index in [0.717, 1.165) is 5.56 Å². The van der Waals surface area contributed by atoms with E-state index in [4.69, 9.17) is 11.6 Å². The van der Waals surface area contributed by atoms with Gasteiger partial charge in [-0.2, -0.15) is 0 Å². The monoisotopic (exact) mass is 366 g/mol. The van der Waals surface area contributed by atoms with Crippen LogP contribution >= 0.6 is 24.0 Å². The number of carbonyl (C=O) groups is 1. The van der Waals surface area contributed by atoms with Gasteiger partial charge in [0.25, 0.3) is 0 Å². The van der Waals surface area contributed by atoms with E-state index in [1.54, 1.807) is 31.2 Å². The summed E-state index contributed by atoms with van der Waals surface area (Å²) in [7, 11) is 0. The maximum Gasteiger partial charge on any atom is 0.339 e. The van der Waals surface area contributed by atoms with Crippen molar-refractivity contribution < 1.29 is 14.3 Å². The molecule has 1 heterocycles. The van der Waals surface area contributed by atoms with E-state index in [9.17, 15) is 14.3 Å². The Morgan fingerprint density at radius 1 is 1.25 bits per heavy atom. The Balaban J connectivity index is 0.00000208. The Bertz CT molecular complexity index is 932. The van der Waals surface area contributed by atoms with Crippen LogP contribution in [0.2, 0.25) is 5.02 Å². The van der Waals surface area contributed by atoms with Gasteiger partial charge in [-0.25, -0.2) is 9.18 Å². The number of nitrogens with zero attached hydrogens (tertiary/aromatic N) is 1. The molecule has 2 N–H and O–H groups in total. The van der Waals surface area contributed by atoms with Crippen LogP contribution in [0, 0.1) is 12.7 Å². The highest BCUT2D eigenvalue weighted by Crippen LogP contribution is 2.33. The Kier molecular flexibility index (Phi) is 5.26. The molecule has 0 atom stereocenters. The van der Waals surface area contributed by atoms with Gasteiger partial charge in [-0.05, 0) is 36.8 Å². The van der Waals surface area contributed by atoms with Gasteiger partial charge >= 0.3 is 5.97 Å². The lowest BCUT2D eigenvalue weighted by atomic mass is 10.1. The summed E-state index contributed by atoms with van der Waals surface area (Å²) in [6.45, 7) is 1.80. The lowest BCUT2D eigenvalue weighted by Crippen LogP contribution is -2.06. The second kappa shape index (κ2) is 7.03. The number of pyridine rings is 1. The van der Waals surface area contributed by atoms with Crippen molar-refractivity contribution in [1.29, 1.82) is 0 Å². The van der Waals surface area contributed by atoms with Gasteiger partial charge in [0.15, 0.2) is 0 Å². The number of carboxylic acids is 1. The van der Waals surface area contributed by atoms with Gasteiger partial charge in [0, 0.05) is 16.6 Å². The van der Waals surface area contributed by atoms with E-state index in [1.807, 2.05) is 0 Å². The number of fused-ring (bicyclic) bond motifs is 1. The van der Waals surface area contributed by atoms with Crippen molar-refractivity contribution in [2.75, 3.05) is 5.32 Å². The molecule has 7 heteroatoms. The first kappa shape index (κ1) is 18.0. The van der Waals surface area contributed by atoms with E-state index in [1.165, 1.54) is 18.3 Å². The third kappa shape index (κ3) is 3.13. The van der Waals surface area contributed by atoms with Crippen molar-refractivity contribution in [3.8, 4) is 0 Å². The fraction of sp³-hybridized carbons (Fsp3) is 0.0588. The summed E-state index contributed by atoms with van der Waals surface area (Å²) in [5, 5.41) is 13.4. The number of hydrogen-bond donors (Lipinski definition) is 2. The van der Waals surface area contributed by atoms with Crippen LogP contribution in [0.15, 0.2) is 42.6 Å². The minimum absolute atomic E-state index is 0. The molecule has 3 aromatic rings. The first-order valence-corrected chi connectivity index (χ1v) is 7.19. The number of carboxylic acid groups (broad SMARTS) is 1. The van der Waals surface area contributed by atoms with E-state index in [2.05, 4.69) is 10.3 Å². The van der Waals surface area contributed by atoms with Gasteiger partial charge in [-0.15, -0.1) is 12.4 Å². The number of nitrogens with one attached hydrogen (secondary N) is 1. The van der Waals surface area contributed by atoms with Gasteiger partial charge in [0.2, 0.25) is 0 Å². The van der Waals surface area contributed by atoms with Crippen LogP contribution in [0.4, 0.5) is 15.8 Å². The summed E-state index contributed by atoms with van der Waals surface area (Å²) in [5.41, 5.74) is 1.74. The summed E-state index contributed by atoms with van der Waals surface area (Å²) in [5.74, 6) is -1.62. The first-order valence-electron chi connectivity index (χ1n) is 6.81. The quantitative estimate of drug-likeness (QED) is 0.668. The topological polar surface area (TPSA) is 62.2 Å². The number of rotatable bonds is 3. The Labute approximate surface area is 148 Å². The molecule has 0 saturated carbocycles. The van der Waals surface area contributed by atoms with E-state index in [-0.39, 0.29) is 29.3 Å². The molecule has 1 aromatic heterocycles. The summed E-state index contributed by atoms with van der Waals surface area (Å²) in [4.78, 5) is 15.7. The van der Waals surface area contributed by atoms with Crippen LogP contribution in [0.5, 0.6) is 0 Å². The standard InChI is InChI=1S/C17H12ClFN2O2.ClH/c1-9-12(18)7-6-10-15(9)20-8-11(17(22)23)16(10)21-14-5-3-2-4-13(14)19;/h2-8H,1H3,(H,20,21)(H,22,23);1H. The molecule has 0 aliphatic carbocycles. The zero-order chi connectivity index (χ0) is 16.6. The number of halogens is 3. The summed E-state index contributed by atoms with van der Waals surface area (Å²) >= 11 is 6.09. The summed E-state index contributed by atoms with van der Waals surface area (Å²) in [6.07, 6.45) is 1.25. The SMILES string of the molecule is Cc1c(Cl)ccc2c(Nc3ccccc3F)c(C(=O)O)cnc12.Cl. The maximum absolute atomic E-state index is 13.9. The van der Waals surface area contributed by atoms with Crippen molar-refractivity contribution in [3.05, 3.63) is 64.6 Å². The summed E-state index contributed by atoms with van der Waals surface area (Å²) in [6, 6.07) is 9.40. The average Bonchev–Trinajstić information content (AvgIpc) is 2.53. The number of aromatic nitrogens is 1. The van der Waals surface area contributed by atoms with Crippen LogP contribution in [0.3, 0.4) is 0 Å². The zero-order valence-electron chi connectivity index (χ0n) is 12.5. The molecule has 0 spiro atoms. The molecule has 0 fully saturated rings. The highest BCUT2D eigenvalue weighted by molar-refractivity contribution is 6.32. The molecule has 0 radical (unpaired) electrons. The third-order valence-electron chi connectivity index (χ3n) is 3.59. The van der Waals surface area contributed by atoms with Crippen LogP contribution < -0.4 is 5.32 Å². The largest absolute Gasteiger partial charge is 0.478 e. The summed E-state index contributed by atoms with van der Waals surface area (Å²) < 4.78 is 13.9. The molecular formula is C17H13Cl2FN2O2. The van der Waals surface area contributed by atoms with Crippen molar-refractivity contribution >= 4 is 52.3 Å². The van der Waals surface area contributed by atoms with Crippen molar-refractivity contribution in [3.63, 3.8) is 0 Å². The van der Waals surface area contributed by atoms with E-state index < -0.39 is 11.8 Å². The normalized spacial score (nSPS) is 10.3. The fourth-order valence-corrected chi connectivity index (χ4v) is 2.53. The lowest BCUT2D eigenvalue weighted by molar-refractivity contribution is 0.0697. The maximum atomic E-state index is 13.9. The second-order valence-electron chi connectivity index (χ2n) is 5.03. The molecule has 0 amide bonds. The number of aryl methyl sites for hydroxylation is 1. The molecule has 0 aliphatic rings. The smallest absolute Gasteiger partial charge is 0.339 e. The van der Waals surface area contributed by atoms with Gasteiger partial charge in [0.05, 0.1) is 16.9 Å². The molecule has 0 unspecified atom stereocenters. The van der Waals surface area contributed by atoms with Gasteiger partial charge < -0.3 is 10.4 Å². The number of anilines is 2. The van der Waals surface area contributed by atoms with Crippen LogP contribution in [0.25, 0.3) is 10.9 Å².